The number of nitrogens with one attached hydrogen (secondary N) is 1. The molecule has 6 heteroatoms. The first-order chi connectivity index (χ1) is 13.5. The van der Waals surface area contributed by atoms with E-state index < -0.39 is 0 Å². The first-order valence-electron chi connectivity index (χ1n) is 10.5. The van der Waals surface area contributed by atoms with Crippen molar-refractivity contribution >= 4 is 11.8 Å². The van der Waals surface area contributed by atoms with Crippen molar-refractivity contribution in [1.82, 2.24) is 20.0 Å². The fraction of sp³-hybridized carbons (Fsp3) is 0.636. The summed E-state index contributed by atoms with van der Waals surface area (Å²) in [5.74, 6) is 0.159. The van der Waals surface area contributed by atoms with Crippen LogP contribution in [0.15, 0.2) is 24.3 Å². The zero-order valence-electron chi connectivity index (χ0n) is 17.5. The van der Waals surface area contributed by atoms with Crippen LogP contribution in [0.25, 0.3) is 0 Å². The molecule has 28 heavy (non-hydrogen) atoms. The SMILES string of the molecule is CC(C)[C@@H](C(=O)NCc1ccccc1CN1CCN(C)CC1)N1CCCC1=O. The van der Waals surface area contributed by atoms with E-state index in [1.165, 1.54) is 5.56 Å². The first-order valence-corrected chi connectivity index (χ1v) is 10.5. The van der Waals surface area contributed by atoms with Crippen LogP contribution in [-0.4, -0.2) is 72.3 Å². The number of rotatable bonds is 7. The van der Waals surface area contributed by atoms with Gasteiger partial charge in [-0.3, -0.25) is 14.5 Å². The van der Waals surface area contributed by atoms with Gasteiger partial charge in [-0.1, -0.05) is 38.1 Å². The van der Waals surface area contributed by atoms with Crippen molar-refractivity contribution in [3.05, 3.63) is 35.4 Å². The Bertz CT molecular complexity index is 683. The molecule has 1 aromatic carbocycles. The summed E-state index contributed by atoms with van der Waals surface area (Å²) in [6.07, 6.45) is 1.41. The Balaban J connectivity index is 1.62. The van der Waals surface area contributed by atoms with Crippen LogP contribution in [0.1, 0.15) is 37.8 Å². The summed E-state index contributed by atoms with van der Waals surface area (Å²) in [7, 11) is 2.16. The summed E-state index contributed by atoms with van der Waals surface area (Å²) in [5.41, 5.74) is 2.43. The van der Waals surface area contributed by atoms with Gasteiger partial charge in [0.05, 0.1) is 0 Å². The molecule has 1 atom stereocenters. The van der Waals surface area contributed by atoms with Crippen molar-refractivity contribution in [3.63, 3.8) is 0 Å². The quantitative estimate of drug-likeness (QED) is 0.775. The lowest BCUT2D eigenvalue weighted by atomic mass is 10.0. The second-order valence-corrected chi connectivity index (χ2v) is 8.45. The predicted molar refractivity (Wildman–Crippen MR) is 111 cm³/mol. The molecule has 3 rings (SSSR count). The zero-order chi connectivity index (χ0) is 20.1. The van der Waals surface area contributed by atoms with Crippen molar-refractivity contribution in [3.8, 4) is 0 Å². The Kier molecular flexibility index (Phi) is 7.08. The highest BCUT2D eigenvalue weighted by molar-refractivity contribution is 5.88. The average Bonchev–Trinajstić information content (AvgIpc) is 3.08. The minimum Gasteiger partial charge on any atom is -0.350 e. The molecule has 2 fully saturated rings. The number of likely N-dealkylation sites (N-methyl/N-ethyl adjacent to an activating group) is 1. The summed E-state index contributed by atoms with van der Waals surface area (Å²) in [5, 5.41) is 3.10. The van der Waals surface area contributed by atoms with E-state index in [-0.39, 0.29) is 23.8 Å². The number of hydrogen-bond acceptors (Lipinski definition) is 4. The predicted octanol–water partition coefficient (Wildman–Crippen LogP) is 1.70. The summed E-state index contributed by atoms with van der Waals surface area (Å²) in [4.78, 5) is 31.6. The third kappa shape index (κ3) is 5.11. The van der Waals surface area contributed by atoms with Gasteiger partial charge in [-0.15, -0.1) is 0 Å². The Morgan fingerprint density at radius 2 is 1.75 bits per heavy atom. The Hall–Kier alpha value is -1.92. The van der Waals surface area contributed by atoms with Gasteiger partial charge in [-0.2, -0.15) is 0 Å². The van der Waals surface area contributed by atoms with E-state index in [4.69, 9.17) is 0 Å². The van der Waals surface area contributed by atoms with E-state index >= 15 is 0 Å². The highest BCUT2D eigenvalue weighted by atomic mass is 16.2. The second-order valence-electron chi connectivity index (χ2n) is 8.45. The van der Waals surface area contributed by atoms with Crippen molar-refractivity contribution in [2.45, 2.75) is 45.8 Å². The van der Waals surface area contributed by atoms with Crippen LogP contribution in [0.3, 0.4) is 0 Å². The van der Waals surface area contributed by atoms with Gasteiger partial charge < -0.3 is 15.1 Å². The fourth-order valence-corrected chi connectivity index (χ4v) is 4.19. The number of hydrogen-bond donors (Lipinski definition) is 1. The monoisotopic (exact) mass is 386 g/mol. The van der Waals surface area contributed by atoms with Gasteiger partial charge in [0, 0.05) is 52.2 Å². The lowest BCUT2D eigenvalue weighted by Crippen LogP contribution is -2.50. The van der Waals surface area contributed by atoms with Gasteiger partial charge >= 0.3 is 0 Å². The van der Waals surface area contributed by atoms with Crippen LogP contribution >= 0.6 is 0 Å². The lowest BCUT2D eigenvalue weighted by Gasteiger charge is -2.33. The number of likely N-dealkylation sites (tertiary alicyclic amines) is 1. The largest absolute Gasteiger partial charge is 0.350 e. The normalized spacial score (nSPS) is 20.0. The maximum atomic E-state index is 12.9. The molecule has 154 valence electrons. The number of amides is 2. The van der Waals surface area contributed by atoms with Crippen LogP contribution in [0.2, 0.25) is 0 Å². The molecule has 0 aromatic heterocycles. The van der Waals surface area contributed by atoms with Gasteiger partial charge in [0.15, 0.2) is 0 Å². The number of nitrogens with zero attached hydrogens (tertiary/aromatic N) is 3. The van der Waals surface area contributed by atoms with Crippen LogP contribution in [0.4, 0.5) is 0 Å². The molecule has 0 bridgehead atoms. The molecule has 6 nitrogen and oxygen atoms in total. The minimum atomic E-state index is -0.375. The van der Waals surface area contributed by atoms with E-state index in [1.807, 2.05) is 19.9 Å². The van der Waals surface area contributed by atoms with Gasteiger partial charge in [0.2, 0.25) is 11.8 Å². The van der Waals surface area contributed by atoms with Crippen LogP contribution < -0.4 is 5.32 Å². The van der Waals surface area contributed by atoms with Crippen molar-refractivity contribution in [1.29, 1.82) is 0 Å². The van der Waals surface area contributed by atoms with Crippen LogP contribution in [0.5, 0.6) is 0 Å². The number of carbonyl (C=O) groups is 2. The summed E-state index contributed by atoms with van der Waals surface area (Å²) >= 11 is 0. The molecular formula is C22H34N4O2. The average molecular weight is 387 g/mol. The van der Waals surface area contributed by atoms with E-state index in [1.54, 1.807) is 4.90 Å². The highest BCUT2D eigenvalue weighted by Gasteiger charge is 2.34. The highest BCUT2D eigenvalue weighted by Crippen LogP contribution is 2.20. The second kappa shape index (κ2) is 9.52. The molecule has 1 aromatic rings. The minimum absolute atomic E-state index is 0.0420. The third-order valence-electron chi connectivity index (χ3n) is 5.91. The Morgan fingerprint density at radius 1 is 1.07 bits per heavy atom. The van der Waals surface area contributed by atoms with Gasteiger partial charge in [-0.05, 0) is 30.5 Å². The van der Waals surface area contributed by atoms with E-state index in [2.05, 4.69) is 40.4 Å². The molecule has 1 N–H and O–H groups in total. The molecular weight excluding hydrogens is 352 g/mol. The van der Waals surface area contributed by atoms with E-state index in [0.717, 1.165) is 44.7 Å². The maximum absolute atomic E-state index is 12.9. The molecule has 2 amide bonds. The fourth-order valence-electron chi connectivity index (χ4n) is 4.19. The maximum Gasteiger partial charge on any atom is 0.243 e. The Labute approximate surface area is 168 Å². The smallest absolute Gasteiger partial charge is 0.243 e. The van der Waals surface area contributed by atoms with E-state index in [0.29, 0.717) is 19.5 Å². The van der Waals surface area contributed by atoms with E-state index in [9.17, 15) is 9.59 Å². The molecule has 2 aliphatic heterocycles. The topological polar surface area (TPSA) is 55.9 Å². The van der Waals surface area contributed by atoms with Crippen molar-refractivity contribution in [2.24, 2.45) is 5.92 Å². The first kappa shape index (κ1) is 20.8. The standard InChI is InChI=1S/C22H34N4O2/c1-17(2)21(26-10-6-9-20(26)27)22(28)23-15-18-7-4-5-8-19(18)16-25-13-11-24(3)12-14-25/h4-5,7-8,17,21H,6,9-16H2,1-3H3,(H,23,28)/t21-/m0/s1. The van der Waals surface area contributed by atoms with Gasteiger partial charge in [0.25, 0.3) is 0 Å². The number of piperazine rings is 1. The van der Waals surface area contributed by atoms with Crippen LogP contribution in [-0.2, 0) is 22.7 Å². The molecule has 0 radical (unpaired) electrons. The molecule has 0 spiro atoms. The van der Waals surface area contributed by atoms with Gasteiger partial charge in [0.1, 0.15) is 6.04 Å². The van der Waals surface area contributed by atoms with Gasteiger partial charge in [-0.25, -0.2) is 0 Å². The lowest BCUT2D eigenvalue weighted by molar-refractivity contribution is -0.139. The summed E-state index contributed by atoms with van der Waals surface area (Å²) in [6, 6.07) is 7.97. The number of benzene rings is 1. The third-order valence-corrected chi connectivity index (χ3v) is 5.91. The zero-order valence-corrected chi connectivity index (χ0v) is 17.5. The summed E-state index contributed by atoms with van der Waals surface area (Å²) < 4.78 is 0. The van der Waals surface area contributed by atoms with Crippen molar-refractivity contribution < 1.29 is 9.59 Å². The molecule has 2 heterocycles. The number of carbonyl (C=O) groups excluding carboxylic acids is 2. The molecule has 0 aliphatic carbocycles. The summed E-state index contributed by atoms with van der Waals surface area (Å²) in [6.45, 7) is 10.5. The Morgan fingerprint density at radius 3 is 2.36 bits per heavy atom. The molecule has 2 saturated heterocycles. The molecule has 2 aliphatic rings. The van der Waals surface area contributed by atoms with Crippen molar-refractivity contribution in [2.75, 3.05) is 39.8 Å². The van der Waals surface area contributed by atoms with Crippen LogP contribution in [0, 0.1) is 5.92 Å². The molecule has 0 saturated carbocycles. The molecule has 0 unspecified atom stereocenters.